The van der Waals surface area contributed by atoms with Crippen LogP contribution in [0.3, 0.4) is 0 Å². The SMILES string of the molecule is CCO[Si](CCCN=C(N)N)(OCC)OCC.[SiH4]. The highest BCUT2D eigenvalue weighted by molar-refractivity contribution is 6.60. The molecule has 0 fully saturated rings. The molecule has 0 radical (unpaired) electrons. The molecule has 0 aromatic heterocycles. The predicted octanol–water partition coefficient (Wildman–Crippen LogP) is -0.753. The highest BCUT2D eigenvalue weighted by atomic mass is 28.4. The minimum absolute atomic E-state index is 0. The molecule has 0 aliphatic carbocycles. The van der Waals surface area contributed by atoms with Crippen molar-refractivity contribution in [2.45, 2.75) is 33.2 Å². The fourth-order valence-electron chi connectivity index (χ4n) is 1.50. The van der Waals surface area contributed by atoms with Crippen LogP contribution in [0.2, 0.25) is 6.04 Å². The smallest absolute Gasteiger partial charge is 0.374 e. The van der Waals surface area contributed by atoms with Gasteiger partial charge in [0.15, 0.2) is 5.96 Å². The molecule has 0 heterocycles. The van der Waals surface area contributed by atoms with Crippen molar-refractivity contribution >= 4 is 25.7 Å². The minimum Gasteiger partial charge on any atom is -0.374 e. The van der Waals surface area contributed by atoms with E-state index in [0.717, 1.165) is 12.5 Å². The Labute approximate surface area is 115 Å². The van der Waals surface area contributed by atoms with Gasteiger partial charge in [-0.05, 0) is 38.2 Å². The molecule has 8 heteroatoms. The van der Waals surface area contributed by atoms with E-state index in [1.807, 2.05) is 20.8 Å². The Hall–Kier alpha value is -0.416. The molecular formula is C10H29N3O3Si2. The summed E-state index contributed by atoms with van der Waals surface area (Å²) in [5, 5.41) is 0. The molecule has 0 aromatic rings. The summed E-state index contributed by atoms with van der Waals surface area (Å²) in [6, 6.07) is 0.735. The number of hydrogen-bond acceptors (Lipinski definition) is 4. The molecule has 18 heavy (non-hydrogen) atoms. The van der Waals surface area contributed by atoms with Crippen molar-refractivity contribution in [3.8, 4) is 0 Å². The van der Waals surface area contributed by atoms with Crippen LogP contribution >= 0.6 is 0 Å². The highest BCUT2D eigenvalue weighted by Gasteiger charge is 2.39. The van der Waals surface area contributed by atoms with E-state index in [-0.39, 0.29) is 16.9 Å². The molecule has 0 rings (SSSR count). The maximum Gasteiger partial charge on any atom is 0.500 e. The van der Waals surface area contributed by atoms with Gasteiger partial charge < -0.3 is 24.7 Å². The number of rotatable bonds is 10. The van der Waals surface area contributed by atoms with Crippen LogP contribution in [-0.4, -0.2) is 52.1 Å². The molecule has 0 aliphatic rings. The van der Waals surface area contributed by atoms with E-state index in [1.54, 1.807) is 0 Å². The second kappa shape index (κ2) is 11.7. The largest absolute Gasteiger partial charge is 0.500 e. The van der Waals surface area contributed by atoms with Crippen LogP contribution < -0.4 is 11.5 Å². The summed E-state index contributed by atoms with van der Waals surface area (Å²) in [7, 11) is -2.52. The minimum atomic E-state index is -2.52. The molecule has 110 valence electrons. The summed E-state index contributed by atoms with van der Waals surface area (Å²) >= 11 is 0. The Balaban J connectivity index is 0. The number of guanidine groups is 1. The molecule has 0 saturated heterocycles. The van der Waals surface area contributed by atoms with Crippen LogP contribution in [0.4, 0.5) is 0 Å². The second-order valence-electron chi connectivity index (χ2n) is 3.39. The number of nitrogens with zero attached hydrogens (tertiary/aromatic N) is 1. The van der Waals surface area contributed by atoms with E-state index in [9.17, 15) is 0 Å². The van der Waals surface area contributed by atoms with Gasteiger partial charge in [-0.15, -0.1) is 0 Å². The maximum absolute atomic E-state index is 5.70. The predicted molar refractivity (Wildman–Crippen MR) is 82.1 cm³/mol. The third kappa shape index (κ3) is 8.64. The summed E-state index contributed by atoms with van der Waals surface area (Å²) in [5.41, 5.74) is 10.5. The third-order valence-corrected chi connectivity index (χ3v) is 5.18. The molecular weight excluding hydrogens is 266 g/mol. The zero-order valence-corrected chi connectivity index (χ0v) is 12.1. The van der Waals surface area contributed by atoms with Crippen LogP contribution in [0.15, 0.2) is 4.99 Å². The summed E-state index contributed by atoms with van der Waals surface area (Å²) in [6.07, 6.45) is 0.796. The Bertz CT molecular complexity index is 209. The van der Waals surface area contributed by atoms with Crippen molar-refractivity contribution in [3.05, 3.63) is 0 Å². The zero-order valence-electron chi connectivity index (χ0n) is 11.1. The lowest BCUT2D eigenvalue weighted by Gasteiger charge is -2.28. The van der Waals surface area contributed by atoms with Crippen LogP contribution in [0, 0.1) is 0 Å². The van der Waals surface area contributed by atoms with Gasteiger partial charge in [0, 0.05) is 32.4 Å². The van der Waals surface area contributed by atoms with Crippen molar-refractivity contribution in [1.29, 1.82) is 0 Å². The normalized spacial score (nSPS) is 10.8. The van der Waals surface area contributed by atoms with Gasteiger partial charge in [-0.25, -0.2) is 0 Å². The molecule has 0 bridgehead atoms. The van der Waals surface area contributed by atoms with Crippen molar-refractivity contribution in [2.75, 3.05) is 26.4 Å². The summed E-state index contributed by atoms with van der Waals surface area (Å²) < 4.78 is 17.1. The molecule has 0 aliphatic heterocycles. The van der Waals surface area contributed by atoms with Gasteiger partial charge in [0.1, 0.15) is 0 Å². The lowest BCUT2D eigenvalue weighted by molar-refractivity contribution is 0.0710. The van der Waals surface area contributed by atoms with E-state index in [0.29, 0.717) is 26.4 Å². The van der Waals surface area contributed by atoms with Gasteiger partial charge in [0.25, 0.3) is 0 Å². The number of nitrogens with two attached hydrogens (primary N) is 2. The molecule has 0 aromatic carbocycles. The lowest BCUT2D eigenvalue weighted by Crippen LogP contribution is -2.46. The monoisotopic (exact) mass is 295 g/mol. The summed E-state index contributed by atoms with van der Waals surface area (Å²) in [4.78, 5) is 3.94. The van der Waals surface area contributed by atoms with Gasteiger partial charge in [0.05, 0.1) is 0 Å². The Morgan fingerprint density at radius 2 is 1.44 bits per heavy atom. The molecule has 0 unspecified atom stereocenters. The van der Waals surface area contributed by atoms with Crippen molar-refractivity contribution in [2.24, 2.45) is 16.5 Å². The van der Waals surface area contributed by atoms with Gasteiger partial charge in [-0.3, -0.25) is 4.99 Å². The standard InChI is InChI=1S/C10H25N3O3Si.H4Si/c1-4-14-17(15-5-2,16-6-3)9-7-8-13-10(11)12;/h4-9H2,1-3H3,(H4,11,12,13);1H4. The molecule has 0 amide bonds. The number of hydrogen-bond donors (Lipinski definition) is 2. The molecule has 4 N–H and O–H groups in total. The van der Waals surface area contributed by atoms with Crippen LogP contribution in [0.1, 0.15) is 27.2 Å². The van der Waals surface area contributed by atoms with Crippen LogP contribution in [-0.2, 0) is 13.3 Å². The molecule has 0 spiro atoms. The van der Waals surface area contributed by atoms with Gasteiger partial charge in [-0.1, -0.05) is 0 Å². The maximum atomic E-state index is 5.70. The first kappa shape index (κ1) is 19.9. The quantitative estimate of drug-likeness (QED) is 0.239. The Morgan fingerprint density at radius 1 is 1.00 bits per heavy atom. The molecule has 0 atom stereocenters. The first-order valence-corrected chi connectivity index (χ1v) is 8.00. The highest BCUT2D eigenvalue weighted by Crippen LogP contribution is 2.18. The van der Waals surface area contributed by atoms with E-state index in [4.69, 9.17) is 24.7 Å². The Morgan fingerprint density at radius 3 is 1.78 bits per heavy atom. The van der Waals surface area contributed by atoms with Gasteiger partial charge >= 0.3 is 8.80 Å². The van der Waals surface area contributed by atoms with E-state index >= 15 is 0 Å². The lowest BCUT2D eigenvalue weighted by atomic mass is 10.5. The zero-order chi connectivity index (χ0) is 13.1. The second-order valence-corrected chi connectivity index (χ2v) is 6.12. The van der Waals surface area contributed by atoms with E-state index in [1.165, 1.54) is 0 Å². The van der Waals surface area contributed by atoms with E-state index in [2.05, 4.69) is 4.99 Å². The first-order chi connectivity index (χ1) is 8.10. The van der Waals surface area contributed by atoms with Crippen molar-refractivity contribution in [1.82, 2.24) is 0 Å². The molecule has 6 nitrogen and oxygen atoms in total. The third-order valence-electron chi connectivity index (χ3n) is 2.03. The average Bonchev–Trinajstić information content (AvgIpc) is 2.25. The van der Waals surface area contributed by atoms with Crippen LogP contribution in [0.25, 0.3) is 0 Å². The van der Waals surface area contributed by atoms with Crippen molar-refractivity contribution < 1.29 is 13.3 Å². The summed E-state index contributed by atoms with van der Waals surface area (Å²) in [5.74, 6) is 0.112. The van der Waals surface area contributed by atoms with E-state index < -0.39 is 8.80 Å². The average molecular weight is 296 g/mol. The molecule has 0 saturated carbocycles. The van der Waals surface area contributed by atoms with Crippen LogP contribution in [0.5, 0.6) is 0 Å². The Kier molecular flexibility index (Phi) is 12.9. The number of aliphatic imine (C=N–C) groups is 1. The van der Waals surface area contributed by atoms with Gasteiger partial charge in [-0.2, -0.15) is 0 Å². The topological polar surface area (TPSA) is 92.1 Å². The summed E-state index contributed by atoms with van der Waals surface area (Å²) in [6.45, 7) is 8.17. The fraction of sp³-hybridized carbons (Fsp3) is 0.900. The van der Waals surface area contributed by atoms with Gasteiger partial charge in [0.2, 0.25) is 0 Å². The van der Waals surface area contributed by atoms with Crippen molar-refractivity contribution in [3.63, 3.8) is 0 Å². The fourth-order valence-corrected chi connectivity index (χ4v) is 4.10. The first-order valence-electron chi connectivity index (χ1n) is 6.07.